The standard InChI is InChI=1S/C22H21F3N2O5S/c1-2-11-27(18-7-4-6-16(13-18)22(23,24)25)33(30,31)19-8-3-5-15(12-19)21(29)32-14-20(28)26-17-9-10-17/h2-8,12-13,17H,1,9-11,14H2,(H,26,28). The molecule has 11 heteroatoms. The van der Waals surface area contributed by atoms with Crippen LogP contribution < -0.4 is 9.62 Å². The van der Waals surface area contributed by atoms with Gasteiger partial charge in [0.15, 0.2) is 6.61 Å². The van der Waals surface area contributed by atoms with E-state index >= 15 is 0 Å². The number of sulfonamides is 1. The van der Waals surface area contributed by atoms with E-state index in [2.05, 4.69) is 11.9 Å². The van der Waals surface area contributed by atoms with E-state index in [0.717, 1.165) is 41.4 Å². The SMILES string of the molecule is C=CCN(c1cccc(C(F)(F)F)c1)S(=O)(=O)c1cccc(C(=O)OCC(=O)NC2CC2)c1. The molecule has 0 spiro atoms. The highest BCUT2D eigenvalue weighted by Gasteiger charge is 2.32. The molecule has 0 radical (unpaired) electrons. The van der Waals surface area contributed by atoms with Gasteiger partial charge in [0, 0.05) is 6.04 Å². The topological polar surface area (TPSA) is 92.8 Å². The van der Waals surface area contributed by atoms with E-state index in [1.807, 2.05) is 0 Å². The van der Waals surface area contributed by atoms with Crippen LogP contribution in [0.1, 0.15) is 28.8 Å². The maximum atomic E-state index is 13.2. The molecule has 1 aliphatic rings. The smallest absolute Gasteiger partial charge is 0.416 e. The second-order valence-electron chi connectivity index (χ2n) is 7.32. The third-order valence-electron chi connectivity index (χ3n) is 4.69. The number of ether oxygens (including phenoxy) is 1. The molecule has 0 aliphatic heterocycles. The lowest BCUT2D eigenvalue weighted by Gasteiger charge is -2.24. The van der Waals surface area contributed by atoms with Crippen LogP contribution in [0.5, 0.6) is 0 Å². The van der Waals surface area contributed by atoms with E-state index in [-0.39, 0.29) is 28.7 Å². The number of carbonyl (C=O) groups excluding carboxylic acids is 2. The molecule has 33 heavy (non-hydrogen) atoms. The van der Waals surface area contributed by atoms with Crippen LogP contribution >= 0.6 is 0 Å². The predicted octanol–water partition coefficient (Wildman–Crippen LogP) is 3.52. The second kappa shape index (κ2) is 9.65. The Hall–Kier alpha value is -3.34. The van der Waals surface area contributed by atoms with Gasteiger partial charge in [0.2, 0.25) is 0 Å². The first kappa shape index (κ1) is 24.3. The van der Waals surface area contributed by atoms with E-state index in [9.17, 15) is 31.2 Å². The molecule has 176 valence electrons. The first-order chi connectivity index (χ1) is 15.5. The van der Waals surface area contributed by atoms with Crippen LogP contribution in [0, 0.1) is 0 Å². The number of halogens is 3. The monoisotopic (exact) mass is 482 g/mol. The molecule has 0 bridgehead atoms. The van der Waals surface area contributed by atoms with Crippen LogP contribution in [0.3, 0.4) is 0 Å². The maximum absolute atomic E-state index is 13.2. The molecule has 1 fully saturated rings. The molecule has 1 saturated carbocycles. The predicted molar refractivity (Wildman–Crippen MR) is 114 cm³/mol. The molecule has 1 aliphatic carbocycles. The minimum absolute atomic E-state index is 0.0939. The molecular weight excluding hydrogens is 461 g/mol. The van der Waals surface area contributed by atoms with Gasteiger partial charge in [-0.05, 0) is 49.2 Å². The number of esters is 1. The molecule has 7 nitrogen and oxygen atoms in total. The molecule has 0 aromatic heterocycles. The Balaban J connectivity index is 1.84. The number of alkyl halides is 3. The first-order valence-corrected chi connectivity index (χ1v) is 11.3. The Morgan fingerprint density at radius 1 is 1.15 bits per heavy atom. The van der Waals surface area contributed by atoms with Crippen LogP contribution in [0.25, 0.3) is 0 Å². The third-order valence-corrected chi connectivity index (χ3v) is 6.48. The number of amides is 1. The average Bonchev–Trinajstić information content (AvgIpc) is 3.59. The molecule has 2 aromatic carbocycles. The zero-order valence-electron chi connectivity index (χ0n) is 17.3. The fraction of sp³-hybridized carbons (Fsp3) is 0.273. The lowest BCUT2D eigenvalue weighted by Crippen LogP contribution is -2.32. The molecule has 0 unspecified atom stereocenters. The summed E-state index contributed by atoms with van der Waals surface area (Å²) in [5.74, 6) is -1.37. The van der Waals surface area contributed by atoms with Crippen LogP contribution in [-0.4, -0.2) is 39.5 Å². The van der Waals surface area contributed by atoms with Crippen molar-refractivity contribution in [3.8, 4) is 0 Å². The fourth-order valence-corrected chi connectivity index (χ4v) is 4.39. The summed E-state index contributed by atoms with van der Waals surface area (Å²) in [6.07, 6.45) is -1.69. The highest BCUT2D eigenvalue weighted by molar-refractivity contribution is 7.92. The van der Waals surface area contributed by atoms with Crippen molar-refractivity contribution in [3.05, 3.63) is 72.3 Å². The zero-order chi connectivity index (χ0) is 24.2. The van der Waals surface area contributed by atoms with Crippen molar-refractivity contribution in [2.45, 2.75) is 30.0 Å². The van der Waals surface area contributed by atoms with E-state index < -0.39 is 40.2 Å². The second-order valence-corrected chi connectivity index (χ2v) is 9.18. The van der Waals surface area contributed by atoms with Crippen molar-refractivity contribution >= 4 is 27.6 Å². The quantitative estimate of drug-likeness (QED) is 0.436. The number of hydrogen-bond acceptors (Lipinski definition) is 5. The number of anilines is 1. The van der Waals surface area contributed by atoms with Gasteiger partial charge in [-0.1, -0.05) is 18.2 Å². The number of rotatable bonds is 9. The van der Waals surface area contributed by atoms with Crippen molar-refractivity contribution in [2.24, 2.45) is 0 Å². The molecule has 1 amide bonds. The van der Waals surface area contributed by atoms with E-state index in [1.165, 1.54) is 30.3 Å². The van der Waals surface area contributed by atoms with Crippen LogP contribution in [0.4, 0.5) is 18.9 Å². The lowest BCUT2D eigenvalue weighted by molar-refractivity contribution is -0.137. The summed E-state index contributed by atoms with van der Waals surface area (Å²) >= 11 is 0. The molecule has 1 N–H and O–H groups in total. The molecule has 2 aromatic rings. The third kappa shape index (κ3) is 6.13. The van der Waals surface area contributed by atoms with Crippen LogP contribution in [0.15, 0.2) is 66.1 Å². The van der Waals surface area contributed by atoms with Gasteiger partial charge >= 0.3 is 12.1 Å². The van der Waals surface area contributed by atoms with Crippen molar-refractivity contribution < 1.29 is 35.9 Å². The van der Waals surface area contributed by atoms with Gasteiger partial charge in [-0.15, -0.1) is 6.58 Å². The highest BCUT2D eigenvalue weighted by Crippen LogP contribution is 2.33. The molecule has 3 rings (SSSR count). The van der Waals surface area contributed by atoms with Gasteiger partial charge in [0.25, 0.3) is 15.9 Å². The Morgan fingerprint density at radius 2 is 1.85 bits per heavy atom. The minimum Gasteiger partial charge on any atom is -0.452 e. The Kier molecular flexibility index (Phi) is 7.11. The normalized spacial score (nSPS) is 13.8. The molecule has 0 atom stereocenters. The Morgan fingerprint density at radius 3 is 2.48 bits per heavy atom. The van der Waals surface area contributed by atoms with E-state index in [4.69, 9.17) is 4.74 Å². The van der Waals surface area contributed by atoms with E-state index in [1.54, 1.807) is 0 Å². The van der Waals surface area contributed by atoms with Gasteiger partial charge in [0.1, 0.15) is 0 Å². The Labute approximate surface area is 188 Å². The number of hydrogen-bond donors (Lipinski definition) is 1. The van der Waals surface area contributed by atoms with Crippen molar-refractivity contribution in [1.29, 1.82) is 0 Å². The van der Waals surface area contributed by atoms with Crippen molar-refractivity contribution in [1.82, 2.24) is 5.32 Å². The minimum atomic E-state index is -4.66. The highest BCUT2D eigenvalue weighted by atomic mass is 32.2. The summed E-state index contributed by atoms with van der Waals surface area (Å²) in [4.78, 5) is 23.7. The summed E-state index contributed by atoms with van der Waals surface area (Å²) in [7, 11) is -4.37. The van der Waals surface area contributed by atoms with Crippen molar-refractivity contribution in [3.63, 3.8) is 0 Å². The zero-order valence-corrected chi connectivity index (χ0v) is 18.2. The average molecular weight is 482 g/mol. The summed E-state index contributed by atoms with van der Waals surface area (Å²) in [6, 6.07) is 8.83. The number of carbonyl (C=O) groups is 2. The van der Waals surface area contributed by atoms with E-state index in [0.29, 0.717) is 0 Å². The maximum Gasteiger partial charge on any atom is 0.416 e. The van der Waals surface area contributed by atoms with Gasteiger partial charge in [0.05, 0.1) is 28.3 Å². The first-order valence-electron chi connectivity index (χ1n) is 9.90. The summed E-state index contributed by atoms with van der Waals surface area (Å²) < 4.78 is 71.5. The van der Waals surface area contributed by atoms with Gasteiger partial charge in [-0.3, -0.25) is 9.10 Å². The van der Waals surface area contributed by atoms with Crippen molar-refractivity contribution in [2.75, 3.05) is 17.5 Å². The van der Waals surface area contributed by atoms with Gasteiger partial charge < -0.3 is 10.1 Å². The Bertz CT molecular complexity index is 1160. The molecule has 0 saturated heterocycles. The number of benzene rings is 2. The van der Waals surface area contributed by atoms with Gasteiger partial charge in [-0.2, -0.15) is 13.2 Å². The summed E-state index contributed by atoms with van der Waals surface area (Å²) in [5, 5.41) is 2.65. The lowest BCUT2D eigenvalue weighted by atomic mass is 10.2. The van der Waals surface area contributed by atoms with Crippen LogP contribution in [0.2, 0.25) is 0 Å². The fourth-order valence-electron chi connectivity index (χ4n) is 2.92. The summed E-state index contributed by atoms with van der Waals surface area (Å²) in [5.41, 5.74) is -1.35. The largest absolute Gasteiger partial charge is 0.452 e. The number of nitrogens with zero attached hydrogens (tertiary/aromatic N) is 1. The van der Waals surface area contributed by atoms with Crippen LogP contribution in [-0.2, 0) is 25.7 Å². The van der Waals surface area contributed by atoms with Gasteiger partial charge in [-0.25, -0.2) is 13.2 Å². The number of nitrogens with one attached hydrogen (secondary N) is 1. The molecular formula is C22H21F3N2O5S. The summed E-state index contributed by atoms with van der Waals surface area (Å²) in [6.45, 7) is 2.65. The molecule has 0 heterocycles.